The Morgan fingerprint density at radius 1 is 0.310 bits per heavy atom. The van der Waals surface area contributed by atoms with Crippen molar-refractivity contribution in [2.75, 3.05) is 39.6 Å². The van der Waals surface area contributed by atoms with Crippen molar-refractivity contribution < 1.29 is 80.2 Å². The van der Waals surface area contributed by atoms with E-state index in [0.29, 0.717) is 31.6 Å². The van der Waals surface area contributed by atoms with Crippen LogP contribution in [0.1, 0.15) is 401 Å². The Kier molecular flexibility index (Phi) is 70.3. The smallest absolute Gasteiger partial charge is 0.462 e. The van der Waals surface area contributed by atoms with Gasteiger partial charge >= 0.3 is 39.5 Å². The van der Waals surface area contributed by atoms with Gasteiger partial charge in [0.05, 0.1) is 26.4 Å². The topological polar surface area (TPSA) is 237 Å². The van der Waals surface area contributed by atoms with E-state index >= 15 is 0 Å². The number of phosphoric ester groups is 2. The summed E-state index contributed by atoms with van der Waals surface area (Å²) >= 11 is 0. The zero-order valence-electron chi connectivity index (χ0n) is 65.0. The van der Waals surface area contributed by atoms with Crippen LogP contribution in [0, 0.1) is 11.8 Å². The molecule has 0 radical (unpaired) electrons. The van der Waals surface area contributed by atoms with Gasteiger partial charge in [-0.1, -0.05) is 348 Å². The van der Waals surface area contributed by atoms with Crippen molar-refractivity contribution in [3.8, 4) is 0 Å². The van der Waals surface area contributed by atoms with Gasteiger partial charge in [0.15, 0.2) is 12.2 Å². The number of rotatable bonds is 78. The molecule has 590 valence electrons. The van der Waals surface area contributed by atoms with Gasteiger partial charge in [0.25, 0.3) is 0 Å². The minimum Gasteiger partial charge on any atom is -0.462 e. The molecule has 0 rings (SSSR count). The fourth-order valence-corrected chi connectivity index (χ4v) is 13.6. The number of hydrogen-bond acceptors (Lipinski definition) is 15. The number of aliphatic hydroxyl groups excluding tert-OH is 1. The van der Waals surface area contributed by atoms with Crippen molar-refractivity contribution in [2.45, 2.75) is 419 Å². The quantitative estimate of drug-likeness (QED) is 0.0169. The normalized spacial score (nSPS) is 14.1. The maximum Gasteiger partial charge on any atom is 0.472 e. The molecule has 0 heterocycles. The predicted octanol–water partition coefficient (Wildman–Crippen LogP) is 23.8. The molecular weight excluding hydrogens is 1310 g/mol. The van der Waals surface area contributed by atoms with Gasteiger partial charge in [0.2, 0.25) is 0 Å². The highest BCUT2D eigenvalue weighted by Gasteiger charge is 2.30. The van der Waals surface area contributed by atoms with E-state index in [4.69, 9.17) is 37.0 Å². The number of allylic oxidation sites excluding steroid dienone is 4. The van der Waals surface area contributed by atoms with Gasteiger partial charge in [0.1, 0.15) is 19.3 Å². The number of carbonyl (C=O) groups is 4. The molecule has 0 aromatic carbocycles. The molecule has 0 spiro atoms. The summed E-state index contributed by atoms with van der Waals surface area (Å²) < 4.78 is 68.6. The third kappa shape index (κ3) is 73.8. The van der Waals surface area contributed by atoms with E-state index in [1.165, 1.54) is 199 Å². The Bertz CT molecular complexity index is 2020. The Hall–Kier alpha value is -2.46. The van der Waals surface area contributed by atoms with E-state index in [9.17, 15) is 43.2 Å². The highest BCUT2D eigenvalue weighted by Crippen LogP contribution is 2.45. The molecule has 0 amide bonds. The lowest BCUT2D eigenvalue weighted by atomic mass is 10.0. The van der Waals surface area contributed by atoms with Gasteiger partial charge < -0.3 is 33.8 Å². The van der Waals surface area contributed by atoms with E-state index in [-0.39, 0.29) is 25.7 Å². The second kappa shape index (κ2) is 72.1. The highest BCUT2D eigenvalue weighted by atomic mass is 31.2. The molecule has 3 N–H and O–H groups in total. The van der Waals surface area contributed by atoms with E-state index in [1.807, 2.05) is 0 Å². The van der Waals surface area contributed by atoms with Crippen LogP contribution in [0.5, 0.6) is 0 Å². The Morgan fingerprint density at radius 3 is 0.820 bits per heavy atom. The number of hydrogen-bond donors (Lipinski definition) is 3. The lowest BCUT2D eigenvalue weighted by Gasteiger charge is -2.21. The van der Waals surface area contributed by atoms with Gasteiger partial charge in [-0.2, -0.15) is 0 Å². The van der Waals surface area contributed by atoms with E-state index in [0.717, 1.165) is 115 Å². The zero-order chi connectivity index (χ0) is 73.5. The van der Waals surface area contributed by atoms with Crippen LogP contribution in [0.3, 0.4) is 0 Å². The summed E-state index contributed by atoms with van der Waals surface area (Å²) in [7, 11) is -9.93. The third-order valence-electron chi connectivity index (χ3n) is 18.3. The van der Waals surface area contributed by atoms with Crippen LogP contribution >= 0.6 is 15.6 Å². The van der Waals surface area contributed by atoms with Crippen LogP contribution in [-0.2, 0) is 65.4 Å². The number of phosphoric acid groups is 2. The Morgan fingerprint density at radius 2 is 0.540 bits per heavy atom. The van der Waals surface area contributed by atoms with Crippen molar-refractivity contribution >= 4 is 39.5 Å². The molecule has 0 aromatic rings. The Balaban J connectivity index is 5.26. The predicted molar refractivity (Wildman–Crippen MR) is 409 cm³/mol. The van der Waals surface area contributed by atoms with Crippen molar-refractivity contribution in [3.63, 3.8) is 0 Å². The van der Waals surface area contributed by atoms with E-state index < -0.39 is 97.5 Å². The second-order valence-electron chi connectivity index (χ2n) is 29.4. The summed E-state index contributed by atoms with van der Waals surface area (Å²) in [6, 6.07) is 0. The van der Waals surface area contributed by atoms with Crippen molar-refractivity contribution in [3.05, 3.63) is 24.3 Å². The summed E-state index contributed by atoms with van der Waals surface area (Å²) in [5.41, 5.74) is 0. The standard InChI is InChI=1S/C81H154O17P2/c1-7-9-11-13-15-17-19-21-23-24-25-29-32-36-40-44-51-57-63-78(83)91-69-76(97-80(85)65-60-54-46-42-38-34-30-26-28-31-35-39-43-49-55-61-73(3)4)71-95-99(87,88)93-67-75(82)68-94-100(89,90)96-72-77(70-92-79(84)64-58-52-48-47-50-56-62-74(5)6)98-81(86)66-59-53-45-41-37-33-27-22-20-18-16-14-12-10-8-2/h18,20,22,27,73-77,82H,7-17,19,21,23-26,28-72H2,1-6H3,(H,87,88)(H,89,90)/b20-18-,27-22-/t75-,76-,77-/m1/s1. The zero-order valence-corrected chi connectivity index (χ0v) is 66.8. The van der Waals surface area contributed by atoms with Crippen molar-refractivity contribution in [1.29, 1.82) is 0 Å². The first-order chi connectivity index (χ1) is 48.4. The van der Waals surface area contributed by atoms with E-state index in [1.54, 1.807) is 0 Å². The van der Waals surface area contributed by atoms with Crippen LogP contribution in [0.15, 0.2) is 24.3 Å². The van der Waals surface area contributed by atoms with Crippen LogP contribution < -0.4 is 0 Å². The lowest BCUT2D eigenvalue weighted by molar-refractivity contribution is -0.161. The minimum absolute atomic E-state index is 0.0841. The van der Waals surface area contributed by atoms with Gasteiger partial charge in [-0.05, 0) is 63.2 Å². The van der Waals surface area contributed by atoms with Gasteiger partial charge in [-0.3, -0.25) is 37.3 Å². The van der Waals surface area contributed by atoms with E-state index in [2.05, 4.69) is 65.8 Å². The molecule has 0 aliphatic carbocycles. The Labute approximate surface area is 612 Å². The summed E-state index contributed by atoms with van der Waals surface area (Å²) in [6.45, 7) is 9.51. The van der Waals surface area contributed by atoms with Crippen LogP contribution in [-0.4, -0.2) is 96.7 Å². The molecule has 2 unspecified atom stereocenters. The molecule has 0 aromatic heterocycles. The van der Waals surface area contributed by atoms with Gasteiger partial charge in [-0.25, -0.2) is 9.13 Å². The number of carbonyl (C=O) groups excluding carboxylic acids is 4. The molecule has 100 heavy (non-hydrogen) atoms. The molecular formula is C81H154O17P2. The molecule has 0 fully saturated rings. The largest absolute Gasteiger partial charge is 0.472 e. The molecule has 19 heteroatoms. The van der Waals surface area contributed by atoms with Crippen molar-refractivity contribution in [1.82, 2.24) is 0 Å². The van der Waals surface area contributed by atoms with Crippen molar-refractivity contribution in [2.24, 2.45) is 11.8 Å². The number of ether oxygens (including phenoxy) is 4. The number of esters is 4. The molecule has 17 nitrogen and oxygen atoms in total. The lowest BCUT2D eigenvalue weighted by Crippen LogP contribution is -2.30. The second-order valence-corrected chi connectivity index (χ2v) is 32.3. The summed E-state index contributed by atoms with van der Waals surface area (Å²) in [5, 5.41) is 10.6. The molecule has 0 bridgehead atoms. The first-order valence-electron chi connectivity index (χ1n) is 41.3. The summed E-state index contributed by atoms with van der Waals surface area (Å²) in [5.74, 6) is -0.665. The van der Waals surface area contributed by atoms with Crippen LogP contribution in [0.4, 0.5) is 0 Å². The first-order valence-corrected chi connectivity index (χ1v) is 44.3. The van der Waals surface area contributed by atoms with Gasteiger partial charge in [0, 0.05) is 25.7 Å². The fourth-order valence-electron chi connectivity index (χ4n) is 12.0. The van der Waals surface area contributed by atoms with Gasteiger partial charge in [-0.15, -0.1) is 0 Å². The maximum atomic E-state index is 13.1. The SMILES string of the molecule is CCCCCC/C=C\C=C/CCCCCCCC(=O)O[C@H](COC(=O)CCCCCCCCC(C)C)COP(=O)(O)OC[C@H](O)COP(=O)(O)OC[C@@H](COC(=O)CCCCCCCCCCCCCCCCCCCC)OC(=O)CCCCCCCCCCCCCCCCCC(C)C. The summed E-state index contributed by atoms with van der Waals surface area (Å²) in [4.78, 5) is 72.9. The number of aliphatic hydroxyl groups is 1. The average molecular weight is 1460 g/mol. The summed E-state index contributed by atoms with van der Waals surface area (Å²) in [6.07, 6.45) is 64.8. The molecule has 0 aliphatic heterocycles. The fraction of sp³-hybridized carbons (Fsp3) is 0.901. The minimum atomic E-state index is -4.97. The third-order valence-corrected chi connectivity index (χ3v) is 20.2. The van der Waals surface area contributed by atoms with Crippen LogP contribution in [0.25, 0.3) is 0 Å². The molecule has 0 aliphatic rings. The average Bonchev–Trinajstić information content (AvgIpc) is 0.927. The first kappa shape index (κ1) is 97.5. The molecule has 0 saturated carbocycles. The molecule has 0 saturated heterocycles. The monoisotopic (exact) mass is 1460 g/mol. The molecule has 5 atom stereocenters. The van der Waals surface area contributed by atoms with Crippen LogP contribution in [0.2, 0.25) is 0 Å². The highest BCUT2D eigenvalue weighted by molar-refractivity contribution is 7.47. The maximum absolute atomic E-state index is 13.1. The number of unbranched alkanes of at least 4 members (excludes halogenated alkanes) is 45.